The van der Waals surface area contributed by atoms with Gasteiger partial charge in [0.05, 0.1) is 6.26 Å². The fourth-order valence-corrected chi connectivity index (χ4v) is 3.33. The summed E-state index contributed by atoms with van der Waals surface area (Å²) < 4.78 is 25.0. The fourth-order valence-electron chi connectivity index (χ4n) is 2.53. The van der Waals surface area contributed by atoms with Crippen molar-refractivity contribution in [3.05, 3.63) is 0 Å². The van der Waals surface area contributed by atoms with Gasteiger partial charge >= 0.3 is 0 Å². The molecule has 118 valence electrons. The summed E-state index contributed by atoms with van der Waals surface area (Å²) in [5, 5.41) is 0. The number of hydrogen-bond donors (Lipinski definition) is 2. The van der Waals surface area contributed by atoms with Crippen molar-refractivity contribution >= 4 is 15.9 Å². The lowest BCUT2D eigenvalue weighted by Crippen LogP contribution is -2.49. The monoisotopic (exact) mass is 305 g/mol. The summed E-state index contributed by atoms with van der Waals surface area (Å²) in [5.41, 5.74) is 5.42. The molecule has 0 bridgehead atoms. The number of rotatable bonds is 8. The maximum Gasteiger partial charge on any atom is 0.222 e. The molecule has 0 aromatic rings. The summed E-state index contributed by atoms with van der Waals surface area (Å²) in [4.78, 5) is 13.9. The maximum atomic E-state index is 12.1. The highest BCUT2D eigenvalue weighted by Crippen LogP contribution is 2.13. The van der Waals surface area contributed by atoms with Gasteiger partial charge < -0.3 is 10.6 Å². The molecule has 6 nitrogen and oxygen atoms in total. The standard InChI is InChI=1S/C13H27N3O3S/c1-20(18,19)15-12-7-6-10-16(11-12)13(17)8-4-2-3-5-9-14/h12,15H,2-11,14H2,1H3. The summed E-state index contributed by atoms with van der Waals surface area (Å²) in [6.45, 7) is 1.94. The van der Waals surface area contributed by atoms with Crippen LogP contribution >= 0.6 is 0 Å². The molecule has 1 fully saturated rings. The third-order valence-electron chi connectivity index (χ3n) is 3.50. The lowest BCUT2D eigenvalue weighted by atomic mass is 10.1. The quantitative estimate of drug-likeness (QED) is 0.636. The number of amides is 1. The Labute approximate surface area is 122 Å². The van der Waals surface area contributed by atoms with Gasteiger partial charge in [0.25, 0.3) is 0 Å². The van der Waals surface area contributed by atoms with Crippen molar-refractivity contribution in [1.82, 2.24) is 9.62 Å². The first-order valence-electron chi connectivity index (χ1n) is 7.37. The van der Waals surface area contributed by atoms with E-state index in [9.17, 15) is 13.2 Å². The SMILES string of the molecule is CS(=O)(=O)NC1CCCN(C(=O)CCCCCCN)C1. The number of carbonyl (C=O) groups is 1. The summed E-state index contributed by atoms with van der Waals surface area (Å²) >= 11 is 0. The van der Waals surface area contributed by atoms with Crippen LogP contribution in [0.4, 0.5) is 0 Å². The van der Waals surface area contributed by atoms with E-state index in [-0.39, 0.29) is 11.9 Å². The lowest BCUT2D eigenvalue weighted by Gasteiger charge is -2.32. The molecule has 1 rings (SSSR count). The Morgan fingerprint density at radius 2 is 2.00 bits per heavy atom. The fraction of sp³-hybridized carbons (Fsp3) is 0.923. The molecule has 7 heteroatoms. The van der Waals surface area contributed by atoms with Crippen LogP contribution in [0, 0.1) is 0 Å². The van der Waals surface area contributed by atoms with E-state index in [1.807, 2.05) is 0 Å². The molecule has 1 atom stereocenters. The minimum absolute atomic E-state index is 0.137. The molecule has 0 aliphatic carbocycles. The molecule has 1 aliphatic rings. The minimum atomic E-state index is -3.20. The minimum Gasteiger partial charge on any atom is -0.341 e. The summed E-state index contributed by atoms with van der Waals surface area (Å²) in [5.74, 6) is 0.137. The number of likely N-dealkylation sites (tertiary alicyclic amines) is 1. The van der Waals surface area contributed by atoms with E-state index >= 15 is 0 Å². The number of nitrogens with one attached hydrogen (secondary N) is 1. The number of piperidine rings is 1. The van der Waals surface area contributed by atoms with Gasteiger partial charge in [0, 0.05) is 25.6 Å². The molecule has 1 amide bonds. The number of hydrogen-bond acceptors (Lipinski definition) is 4. The zero-order valence-corrected chi connectivity index (χ0v) is 13.1. The van der Waals surface area contributed by atoms with E-state index in [1.54, 1.807) is 4.90 Å². The van der Waals surface area contributed by atoms with Crippen molar-refractivity contribution < 1.29 is 13.2 Å². The normalized spacial score (nSPS) is 20.1. The third kappa shape index (κ3) is 7.21. The highest BCUT2D eigenvalue weighted by Gasteiger charge is 2.24. The zero-order chi connectivity index (χ0) is 15.0. The maximum absolute atomic E-state index is 12.1. The Hall–Kier alpha value is -0.660. The first-order chi connectivity index (χ1) is 9.42. The second-order valence-electron chi connectivity index (χ2n) is 5.52. The van der Waals surface area contributed by atoms with E-state index < -0.39 is 10.0 Å². The molecule has 0 saturated carbocycles. The van der Waals surface area contributed by atoms with Crippen molar-refractivity contribution in [1.29, 1.82) is 0 Å². The molecule has 1 saturated heterocycles. The average molecular weight is 305 g/mol. The van der Waals surface area contributed by atoms with Crippen LogP contribution in [-0.4, -0.2) is 51.2 Å². The van der Waals surface area contributed by atoms with Gasteiger partial charge in [-0.1, -0.05) is 12.8 Å². The summed E-state index contributed by atoms with van der Waals surface area (Å²) in [7, 11) is -3.20. The summed E-state index contributed by atoms with van der Waals surface area (Å²) in [6.07, 6.45) is 7.36. The van der Waals surface area contributed by atoms with E-state index in [4.69, 9.17) is 5.73 Å². The molecule has 20 heavy (non-hydrogen) atoms. The van der Waals surface area contributed by atoms with Crippen molar-refractivity contribution in [3.63, 3.8) is 0 Å². The third-order valence-corrected chi connectivity index (χ3v) is 4.26. The Morgan fingerprint density at radius 3 is 2.65 bits per heavy atom. The predicted molar refractivity (Wildman–Crippen MR) is 79.7 cm³/mol. The lowest BCUT2D eigenvalue weighted by molar-refractivity contribution is -0.132. The van der Waals surface area contributed by atoms with Gasteiger partial charge in [-0.3, -0.25) is 4.79 Å². The van der Waals surface area contributed by atoms with Gasteiger partial charge in [-0.2, -0.15) is 0 Å². The van der Waals surface area contributed by atoms with Crippen molar-refractivity contribution in [3.8, 4) is 0 Å². The molecule has 3 N–H and O–H groups in total. The van der Waals surface area contributed by atoms with Gasteiger partial charge in [-0.05, 0) is 32.2 Å². The van der Waals surface area contributed by atoms with Crippen LogP contribution in [0.5, 0.6) is 0 Å². The van der Waals surface area contributed by atoms with Crippen LogP contribution in [0.1, 0.15) is 44.9 Å². The van der Waals surface area contributed by atoms with E-state index in [2.05, 4.69) is 4.72 Å². The smallest absolute Gasteiger partial charge is 0.222 e. The van der Waals surface area contributed by atoms with Crippen LogP contribution in [0.2, 0.25) is 0 Å². The van der Waals surface area contributed by atoms with Crippen LogP contribution in [-0.2, 0) is 14.8 Å². The summed E-state index contributed by atoms with van der Waals surface area (Å²) in [6, 6.07) is -0.139. The Bertz CT molecular complexity index is 398. The average Bonchev–Trinajstić information content (AvgIpc) is 2.36. The number of nitrogens with zero attached hydrogens (tertiary/aromatic N) is 1. The Balaban J connectivity index is 2.29. The molecule has 0 radical (unpaired) electrons. The Morgan fingerprint density at radius 1 is 1.30 bits per heavy atom. The van der Waals surface area contributed by atoms with Gasteiger partial charge in [0.2, 0.25) is 15.9 Å². The second kappa shape index (κ2) is 8.59. The van der Waals surface area contributed by atoms with Crippen LogP contribution < -0.4 is 10.5 Å². The highest BCUT2D eigenvalue weighted by molar-refractivity contribution is 7.88. The van der Waals surface area contributed by atoms with E-state index in [0.29, 0.717) is 19.5 Å². The molecule has 1 aliphatic heterocycles. The van der Waals surface area contributed by atoms with Gasteiger partial charge in [0.15, 0.2) is 0 Å². The Kier molecular flexibility index (Phi) is 7.47. The molecule has 0 spiro atoms. The first-order valence-corrected chi connectivity index (χ1v) is 9.26. The molecule has 0 aromatic carbocycles. The molecule has 1 unspecified atom stereocenters. The highest BCUT2D eigenvalue weighted by atomic mass is 32.2. The van der Waals surface area contributed by atoms with Crippen molar-refractivity contribution in [2.75, 3.05) is 25.9 Å². The predicted octanol–water partition coefficient (Wildman–Crippen LogP) is 0.436. The van der Waals surface area contributed by atoms with E-state index in [1.165, 1.54) is 0 Å². The molecular weight excluding hydrogens is 278 g/mol. The van der Waals surface area contributed by atoms with Crippen LogP contribution in [0.15, 0.2) is 0 Å². The first kappa shape index (κ1) is 17.4. The molecule has 1 heterocycles. The number of nitrogens with two attached hydrogens (primary N) is 1. The van der Waals surface area contributed by atoms with E-state index in [0.717, 1.165) is 51.3 Å². The largest absolute Gasteiger partial charge is 0.341 e. The van der Waals surface area contributed by atoms with Gasteiger partial charge in [0.1, 0.15) is 0 Å². The number of sulfonamides is 1. The molecular formula is C13H27N3O3S. The van der Waals surface area contributed by atoms with Gasteiger partial charge in [-0.15, -0.1) is 0 Å². The van der Waals surface area contributed by atoms with Crippen LogP contribution in [0.3, 0.4) is 0 Å². The van der Waals surface area contributed by atoms with Crippen LogP contribution in [0.25, 0.3) is 0 Å². The number of carbonyl (C=O) groups excluding carboxylic acids is 1. The van der Waals surface area contributed by atoms with Gasteiger partial charge in [-0.25, -0.2) is 13.1 Å². The second-order valence-corrected chi connectivity index (χ2v) is 7.30. The van der Waals surface area contributed by atoms with Crippen molar-refractivity contribution in [2.24, 2.45) is 5.73 Å². The zero-order valence-electron chi connectivity index (χ0n) is 12.3. The van der Waals surface area contributed by atoms with Crippen molar-refractivity contribution in [2.45, 2.75) is 51.0 Å². The topological polar surface area (TPSA) is 92.5 Å². The number of unbranched alkanes of at least 4 members (excludes halogenated alkanes) is 3. The molecule has 0 aromatic heterocycles.